The van der Waals surface area contributed by atoms with Crippen molar-refractivity contribution in [1.82, 2.24) is 5.32 Å². The molecule has 1 heterocycles. The molecule has 0 saturated carbocycles. The number of aliphatic hydroxyl groups excluding tert-OH is 1. The van der Waals surface area contributed by atoms with Gasteiger partial charge in [0.25, 0.3) is 0 Å². The molecule has 0 aliphatic rings. The maximum absolute atomic E-state index is 13.7. The monoisotopic (exact) mass is 311 g/mol. The minimum absolute atomic E-state index is 0.305. The van der Waals surface area contributed by atoms with Crippen LogP contribution in [0.15, 0.2) is 71.1 Å². The summed E-state index contributed by atoms with van der Waals surface area (Å²) in [6.45, 7) is 0.887. The van der Waals surface area contributed by atoms with Gasteiger partial charge in [0.2, 0.25) is 0 Å². The first kappa shape index (κ1) is 15.5. The average molecular weight is 311 g/mol. The third kappa shape index (κ3) is 3.86. The molecule has 4 heteroatoms. The van der Waals surface area contributed by atoms with Crippen molar-refractivity contribution in [3.8, 4) is 11.3 Å². The van der Waals surface area contributed by atoms with Gasteiger partial charge in [-0.2, -0.15) is 0 Å². The van der Waals surface area contributed by atoms with Crippen molar-refractivity contribution in [2.24, 2.45) is 0 Å². The zero-order valence-corrected chi connectivity index (χ0v) is 12.6. The second-order valence-electron chi connectivity index (χ2n) is 5.30. The Bertz CT molecular complexity index is 755. The van der Waals surface area contributed by atoms with Crippen molar-refractivity contribution in [3.63, 3.8) is 0 Å². The molecule has 0 fully saturated rings. The summed E-state index contributed by atoms with van der Waals surface area (Å²) in [4.78, 5) is 0. The van der Waals surface area contributed by atoms with E-state index in [1.807, 2.05) is 36.4 Å². The maximum Gasteiger partial charge on any atom is 0.137 e. The largest absolute Gasteiger partial charge is 0.460 e. The van der Waals surface area contributed by atoms with E-state index in [0.29, 0.717) is 30.2 Å². The molecule has 23 heavy (non-hydrogen) atoms. The molecular formula is C19H18FNO2. The molecular weight excluding hydrogens is 293 g/mol. The van der Waals surface area contributed by atoms with Crippen LogP contribution in [-0.2, 0) is 6.54 Å². The minimum atomic E-state index is -0.572. The van der Waals surface area contributed by atoms with Crippen molar-refractivity contribution in [1.29, 1.82) is 0 Å². The summed E-state index contributed by atoms with van der Waals surface area (Å²) >= 11 is 0. The highest BCUT2D eigenvalue weighted by atomic mass is 19.1. The van der Waals surface area contributed by atoms with Crippen LogP contribution in [0.25, 0.3) is 11.3 Å². The van der Waals surface area contributed by atoms with Crippen LogP contribution in [0.5, 0.6) is 0 Å². The Labute approximate surface area is 134 Å². The fraction of sp³-hybridized carbons (Fsp3) is 0.158. The lowest BCUT2D eigenvalue weighted by Crippen LogP contribution is -2.20. The van der Waals surface area contributed by atoms with Crippen LogP contribution in [0.3, 0.4) is 0 Å². The number of rotatable bonds is 6. The summed E-state index contributed by atoms with van der Waals surface area (Å²) in [7, 11) is 0. The van der Waals surface area contributed by atoms with Gasteiger partial charge >= 0.3 is 0 Å². The predicted octanol–water partition coefficient (Wildman–Crippen LogP) is 3.91. The highest BCUT2D eigenvalue weighted by molar-refractivity contribution is 5.58. The van der Waals surface area contributed by atoms with Crippen LogP contribution in [0, 0.1) is 5.82 Å². The van der Waals surface area contributed by atoms with E-state index in [1.54, 1.807) is 24.3 Å². The minimum Gasteiger partial charge on any atom is -0.460 e. The fourth-order valence-electron chi connectivity index (χ4n) is 2.40. The first-order valence-electron chi connectivity index (χ1n) is 7.51. The Morgan fingerprint density at radius 3 is 2.48 bits per heavy atom. The van der Waals surface area contributed by atoms with Crippen LogP contribution >= 0.6 is 0 Å². The number of aliphatic hydroxyl groups is 1. The molecule has 0 aliphatic carbocycles. The molecule has 1 atom stereocenters. The van der Waals surface area contributed by atoms with Crippen LogP contribution in [0.2, 0.25) is 0 Å². The van der Waals surface area contributed by atoms with E-state index < -0.39 is 6.10 Å². The van der Waals surface area contributed by atoms with Gasteiger partial charge in [-0.25, -0.2) is 4.39 Å². The summed E-state index contributed by atoms with van der Waals surface area (Å²) in [5.41, 5.74) is 1.31. The van der Waals surface area contributed by atoms with Crippen LogP contribution in [0.1, 0.15) is 17.4 Å². The van der Waals surface area contributed by atoms with Gasteiger partial charge in [-0.3, -0.25) is 0 Å². The average Bonchev–Trinajstić information content (AvgIpc) is 3.04. The maximum atomic E-state index is 13.7. The molecule has 2 N–H and O–H groups in total. The Morgan fingerprint density at radius 1 is 0.957 bits per heavy atom. The fourth-order valence-corrected chi connectivity index (χ4v) is 2.40. The van der Waals surface area contributed by atoms with Crippen molar-refractivity contribution < 1.29 is 13.9 Å². The van der Waals surface area contributed by atoms with Gasteiger partial charge in [0.05, 0.1) is 18.2 Å². The number of furan rings is 1. The molecule has 0 radical (unpaired) electrons. The number of benzene rings is 2. The third-order valence-corrected chi connectivity index (χ3v) is 3.62. The van der Waals surface area contributed by atoms with Gasteiger partial charge in [0.15, 0.2) is 0 Å². The molecule has 0 saturated heterocycles. The van der Waals surface area contributed by atoms with E-state index in [4.69, 9.17) is 4.42 Å². The first-order chi connectivity index (χ1) is 11.2. The number of hydrogen-bond acceptors (Lipinski definition) is 3. The molecule has 0 unspecified atom stereocenters. The zero-order chi connectivity index (χ0) is 16.1. The summed E-state index contributed by atoms with van der Waals surface area (Å²) in [5, 5.41) is 13.2. The van der Waals surface area contributed by atoms with Crippen molar-refractivity contribution >= 4 is 0 Å². The Balaban J connectivity index is 1.57. The van der Waals surface area contributed by atoms with Crippen LogP contribution < -0.4 is 5.32 Å². The highest BCUT2D eigenvalue weighted by Gasteiger charge is 2.10. The molecule has 0 spiro atoms. The number of hydrogen-bond donors (Lipinski definition) is 2. The van der Waals surface area contributed by atoms with E-state index >= 15 is 0 Å². The summed E-state index contributed by atoms with van der Waals surface area (Å²) in [6, 6.07) is 19.5. The molecule has 3 nitrogen and oxygen atoms in total. The molecule has 3 aromatic rings. The lowest BCUT2D eigenvalue weighted by molar-refractivity contribution is 0.173. The van der Waals surface area contributed by atoms with Gasteiger partial charge in [0.1, 0.15) is 17.3 Å². The van der Waals surface area contributed by atoms with Crippen LogP contribution in [0.4, 0.5) is 4.39 Å². The van der Waals surface area contributed by atoms with E-state index in [2.05, 4.69) is 5.32 Å². The van der Waals surface area contributed by atoms with Crippen LogP contribution in [-0.4, -0.2) is 11.7 Å². The summed E-state index contributed by atoms with van der Waals surface area (Å²) in [5.74, 6) is 0.896. The van der Waals surface area contributed by atoms with Gasteiger partial charge in [-0.15, -0.1) is 0 Å². The second kappa shape index (κ2) is 7.22. The van der Waals surface area contributed by atoms with E-state index in [1.165, 1.54) is 6.07 Å². The topological polar surface area (TPSA) is 45.4 Å². The normalized spacial score (nSPS) is 12.3. The zero-order valence-electron chi connectivity index (χ0n) is 12.6. The second-order valence-corrected chi connectivity index (χ2v) is 5.30. The molecule has 0 aliphatic heterocycles. The van der Waals surface area contributed by atoms with Crippen molar-refractivity contribution in [2.45, 2.75) is 12.6 Å². The SMILES string of the molecule is O[C@H](CNCc1ccc(-c2ccccc2F)o1)c1ccccc1. The van der Waals surface area contributed by atoms with E-state index in [-0.39, 0.29) is 5.82 Å². The van der Waals surface area contributed by atoms with Crippen molar-refractivity contribution in [2.75, 3.05) is 6.54 Å². The lowest BCUT2D eigenvalue weighted by atomic mass is 10.1. The molecule has 118 valence electrons. The Hall–Kier alpha value is -2.43. The van der Waals surface area contributed by atoms with Gasteiger partial charge in [-0.05, 0) is 29.8 Å². The van der Waals surface area contributed by atoms with Gasteiger partial charge in [-0.1, -0.05) is 42.5 Å². The lowest BCUT2D eigenvalue weighted by Gasteiger charge is -2.11. The molecule has 1 aromatic heterocycles. The Morgan fingerprint density at radius 2 is 1.70 bits per heavy atom. The first-order valence-corrected chi connectivity index (χ1v) is 7.51. The molecule has 3 rings (SSSR count). The summed E-state index contributed by atoms with van der Waals surface area (Å²) < 4.78 is 19.4. The standard InChI is InChI=1S/C19H18FNO2/c20-17-9-5-4-8-16(17)19-11-10-15(23-19)12-21-13-18(22)14-6-2-1-3-7-14/h1-11,18,21-22H,12-13H2/t18-/m1/s1. The highest BCUT2D eigenvalue weighted by Crippen LogP contribution is 2.24. The number of nitrogens with one attached hydrogen (secondary N) is 1. The quantitative estimate of drug-likeness (QED) is 0.725. The van der Waals surface area contributed by atoms with E-state index in [0.717, 1.165) is 5.56 Å². The van der Waals surface area contributed by atoms with Crippen molar-refractivity contribution in [3.05, 3.63) is 83.9 Å². The smallest absolute Gasteiger partial charge is 0.137 e. The predicted molar refractivity (Wildman–Crippen MR) is 87.2 cm³/mol. The van der Waals surface area contributed by atoms with Gasteiger partial charge in [0, 0.05) is 6.54 Å². The van der Waals surface area contributed by atoms with E-state index in [9.17, 15) is 9.50 Å². The molecule has 2 aromatic carbocycles. The summed E-state index contributed by atoms with van der Waals surface area (Å²) in [6.07, 6.45) is -0.572. The molecule has 0 amide bonds. The molecule has 0 bridgehead atoms. The third-order valence-electron chi connectivity index (χ3n) is 3.62. The van der Waals surface area contributed by atoms with Gasteiger partial charge < -0.3 is 14.8 Å². The Kier molecular flexibility index (Phi) is 4.86. The number of halogens is 1.